The summed E-state index contributed by atoms with van der Waals surface area (Å²) in [5.41, 5.74) is 2.79. The number of likely N-dealkylation sites (tertiary alicyclic amines) is 1. The third-order valence-corrected chi connectivity index (χ3v) is 6.66. The van der Waals surface area contributed by atoms with Gasteiger partial charge in [-0.3, -0.25) is 4.79 Å². The third-order valence-electron chi connectivity index (χ3n) is 5.66. The molecule has 0 aromatic carbocycles. The maximum atomic E-state index is 12.9. The average molecular weight is 468 g/mol. The molecule has 33 heavy (non-hydrogen) atoms. The number of anilines is 1. The van der Waals surface area contributed by atoms with Crippen molar-refractivity contribution < 1.29 is 9.59 Å². The van der Waals surface area contributed by atoms with Gasteiger partial charge >= 0.3 is 6.03 Å². The van der Waals surface area contributed by atoms with Gasteiger partial charge in [-0.05, 0) is 51.3 Å². The normalized spacial score (nSPS) is 14.3. The predicted octanol–water partition coefficient (Wildman–Crippen LogP) is 3.89. The van der Waals surface area contributed by atoms with E-state index < -0.39 is 0 Å². The van der Waals surface area contributed by atoms with E-state index in [0.717, 1.165) is 35.7 Å². The van der Waals surface area contributed by atoms with Crippen LogP contribution >= 0.6 is 11.3 Å². The molecule has 1 aliphatic rings. The molecule has 0 saturated carbocycles. The summed E-state index contributed by atoms with van der Waals surface area (Å²) in [7, 11) is 0. The van der Waals surface area contributed by atoms with Gasteiger partial charge in [0, 0.05) is 42.8 Å². The smallest absolute Gasteiger partial charge is 0.317 e. The molecule has 1 fully saturated rings. The van der Waals surface area contributed by atoms with Crippen molar-refractivity contribution in [2.75, 3.05) is 25.0 Å². The molecular weight excluding hydrogens is 438 g/mol. The van der Waals surface area contributed by atoms with Crippen molar-refractivity contribution in [3.8, 4) is 5.82 Å². The molecule has 3 aromatic rings. The fourth-order valence-corrected chi connectivity index (χ4v) is 4.92. The molecule has 9 nitrogen and oxygen atoms in total. The van der Waals surface area contributed by atoms with Gasteiger partial charge in [-0.15, -0.1) is 11.3 Å². The monoisotopic (exact) mass is 467 g/mol. The Kier molecular flexibility index (Phi) is 7.02. The number of rotatable bonds is 6. The second kappa shape index (κ2) is 10.1. The summed E-state index contributed by atoms with van der Waals surface area (Å²) >= 11 is 1.50. The van der Waals surface area contributed by atoms with Crippen molar-refractivity contribution in [2.45, 2.75) is 46.0 Å². The summed E-state index contributed by atoms with van der Waals surface area (Å²) in [6.07, 6.45) is 4.29. The number of nitrogens with one attached hydrogen (secondary N) is 2. The zero-order valence-electron chi connectivity index (χ0n) is 19.2. The number of aromatic nitrogens is 4. The summed E-state index contributed by atoms with van der Waals surface area (Å²) in [6.45, 7) is 8.00. The van der Waals surface area contributed by atoms with E-state index in [9.17, 15) is 9.59 Å². The third kappa shape index (κ3) is 5.22. The first kappa shape index (κ1) is 22.9. The van der Waals surface area contributed by atoms with E-state index in [1.54, 1.807) is 22.3 Å². The SMILES string of the molecule is CCCNC(=O)N1CCC(c2nc(C(=O)Nc3cccnc3-n3nc(C)cc3C)cs2)CC1. The van der Waals surface area contributed by atoms with Crippen molar-refractivity contribution in [3.63, 3.8) is 0 Å². The number of thiazole rings is 1. The Bertz CT molecular complexity index is 1130. The Labute approximate surface area is 197 Å². The van der Waals surface area contributed by atoms with E-state index in [-0.39, 0.29) is 17.9 Å². The second-order valence-corrected chi connectivity index (χ2v) is 9.12. The highest BCUT2D eigenvalue weighted by Crippen LogP contribution is 2.30. The molecule has 1 aliphatic heterocycles. The fraction of sp³-hybridized carbons (Fsp3) is 0.435. The van der Waals surface area contributed by atoms with E-state index in [1.807, 2.05) is 37.8 Å². The van der Waals surface area contributed by atoms with Gasteiger partial charge in [-0.2, -0.15) is 5.10 Å². The summed E-state index contributed by atoms with van der Waals surface area (Å²) in [4.78, 5) is 36.0. The Morgan fingerprint density at radius 3 is 2.73 bits per heavy atom. The molecule has 0 atom stereocenters. The van der Waals surface area contributed by atoms with Gasteiger partial charge < -0.3 is 15.5 Å². The molecule has 10 heteroatoms. The van der Waals surface area contributed by atoms with Crippen LogP contribution in [0, 0.1) is 13.8 Å². The molecule has 0 unspecified atom stereocenters. The van der Waals surface area contributed by atoms with Crippen LogP contribution in [0.5, 0.6) is 0 Å². The van der Waals surface area contributed by atoms with Crippen LogP contribution in [0.3, 0.4) is 0 Å². The first-order chi connectivity index (χ1) is 16.0. The van der Waals surface area contributed by atoms with Crippen molar-refractivity contribution in [2.24, 2.45) is 0 Å². The number of hydrogen-bond donors (Lipinski definition) is 2. The van der Waals surface area contributed by atoms with Gasteiger partial charge in [0.25, 0.3) is 5.91 Å². The Morgan fingerprint density at radius 1 is 1.24 bits per heavy atom. The van der Waals surface area contributed by atoms with Gasteiger partial charge in [0.15, 0.2) is 5.82 Å². The lowest BCUT2D eigenvalue weighted by Gasteiger charge is -2.31. The van der Waals surface area contributed by atoms with Crippen LogP contribution < -0.4 is 10.6 Å². The van der Waals surface area contributed by atoms with E-state index >= 15 is 0 Å². The number of piperidine rings is 1. The highest BCUT2D eigenvalue weighted by atomic mass is 32.1. The molecule has 2 N–H and O–H groups in total. The van der Waals surface area contributed by atoms with Gasteiger partial charge in [0.2, 0.25) is 0 Å². The van der Waals surface area contributed by atoms with E-state index in [1.165, 1.54) is 11.3 Å². The summed E-state index contributed by atoms with van der Waals surface area (Å²) in [5, 5.41) is 13.1. The van der Waals surface area contributed by atoms with E-state index in [2.05, 4.69) is 25.7 Å². The van der Waals surface area contributed by atoms with Crippen LogP contribution in [0.2, 0.25) is 0 Å². The average Bonchev–Trinajstić information content (AvgIpc) is 3.44. The zero-order valence-corrected chi connectivity index (χ0v) is 20.0. The number of aryl methyl sites for hydroxylation is 2. The summed E-state index contributed by atoms with van der Waals surface area (Å²) in [6, 6.07) is 5.56. The predicted molar refractivity (Wildman–Crippen MR) is 128 cm³/mol. The number of carbonyl (C=O) groups is 2. The molecule has 0 aliphatic carbocycles. The second-order valence-electron chi connectivity index (χ2n) is 8.23. The molecule has 0 spiro atoms. The van der Waals surface area contributed by atoms with Gasteiger partial charge in [0.05, 0.1) is 16.4 Å². The summed E-state index contributed by atoms with van der Waals surface area (Å²) < 4.78 is 1.72. The van der Waals surface area contributed by atoms with Crippen LogP contribution in [0.25, 0.3) is 5.82 Å². The quantitative estimate of drug-likeness (QED) is 0.572. The molecule has 3 aromatic heterocycles. The lowest BCUT2D eigenvalue weighted by molar-refractivity contribution is 0.102. The number of pyridine rings is 1. The number of amides is 3. The van der Waals surface area contributed by atoms with Crippen LogP contribution in [0.1, 0.15) is 59.0 Å². The summed E-state index contributed by atoms with van der Waals surface area (Å²) in [5.74, 6) is 0.556. The van der Waals surface area contributed by atoms with Crippen LogP contribution in [-0.4, -0.2) is 56.2 Å². The molecule has 1 saturated heterocycles. The molecule has 4 heterocycles. The number of urea groups is 1. The first-order valence-corrected chi connectivity index (χ1v) is 12.1. The Balaban J connectivity index is 1.41. The van der Waals surface area contributed by atoms with Crippen LogP contribution in [0.4, 0.5) is 10.5 Å². The lowest BCUT2D eigenvalue weighted by atomic mass is 9.98. The van der Waals surface area contributed by atoms with Crippen molar-refractivity contribution in [3.05, 3.63) is 51.9 Å². The standard InChI is InChI=1S/C23H29N7O2S/c1-4-9-25-23(32)29-11-7-17(8-12-29)22-27-19(14-33-22)21(31)26-18-6-5-10-24-20(18)30-16(3)13-15(2)28-30/h5-6,10,13-14,17H,4,7-9,11-12H2,1-3H3,(H,25,32)(H,26,31). The van der Waals surface area contributed by atoms with E-state index in [4.69, 9.17) is 0 Å². The Morgan fingerprint density at radius 2 is 2.03 bits per heavy atom. The topological polar surface area (TPSA) is 105 Å². The number of carbonyl (C=O) groups excluding carboxylic acids is 2. The van der Waals surface area contributed by atoms with Crippen molar-refractivity contribution in [1.29, 1.82) is 0 Å². The highest BCUT2D eigenvalue weighted by Gasteiger charge is 2.26. The number of nitrogens with zero attached hydrogens (tertiary/aromatic N) is 5. The largest absolute Gasteiger partial charge is 0.338 e. The molecule has 3 amide bonds. The van der Waals surface area contributed by atoms with Crippen molar-refractivity contribution >= 4 is 29.0 Å². The van der Waals surface area contributed by atoms with Crippen LogP contribution in [-0.2, 0) is 0 Å². The van der Waals surface area contributed by atoms with Gasteiger partial charge in [0.1, 0.15) is 5.69 Å². The van der Waals surface area contributed by atoms with Gasteiger partial charge in [-0.25, -0.2) is 19.4 Å². The minimum atomic E-state index is -0.273. The Hall–Kier alpha value is -3.27. The maximum Gasteiger partial charge on any atom is 0.317 e. The minimum Gasteiger partial charge on any atom is -0.338 e. The fourth-order valence-electron chi connectivity index (χ4n) is 3.95. The van der Waals surface area contributed by atoms with Gasteiger partial charge in [-0.1, -0.05) is 6.92 Å². The minimum absolute atomic E-state index is 0.00407. The first-order valence-electron chi connectivity index (χ1n) is 11.2. The molecular formula is C23H29N7O2S. The maximum absolute atomic E-state index is 12.9. The van der Waals surface area contributed by atoms with E-state index in [0.29, 0.717) is 36.8 Å². The molecule has 0 radical (unpaired) electrons. The molecule has 174 valence electrons. The van der Waals surface area contributed by atoms with Crippen molar-refractivity contribution in [1.82, 2.24) is 30.0 Å². The zero-order chi connectivity index (χ0) is 23.4. The van der Waals surface area contributed by atoms with Crippen LogP contribution in [0.15, 0.2) is 29.8 Å². The number of hydrogen-bond acceptors (Lipinski definition) is 6. The lowest BCUT2D eigenvalue weighted by Crippen LogP contribution is -2.44. The highest BCUT2D eigenvalue weighted by molar-refractivity contribution is 7.10. The molecule has 4 rings (SSSR count). The molecule has 0 bridgehead atoms.